The van der Waals surface area contributed by atoms with Gasteiger partial charge in [0.25, 0.3) is 5.91 Å². The molecule has 1 aromatic heterocycles. The molecule has 2 aromatic carbocycles. The van der Waals surface area contributed by atoms with E-state index in [-0.39, 0.29) is 24.5 Å². The van der Waals surface area contributed by atoms with Crippen LogP contribution in [0.3, 0.4) is 0 Å². The molecule has 0 bridgehead atoms. The number of nitrogens with zero attached hydrogens (tertiary/aromatic N) is 2. The average molecular weight is 516 g/mol. The van der Waals surface area contributed by atoms with E-state index in [1.165, 1.54) is 12.1 Å². The molecule has 2 aliphatic heterocycles. The van der Waals surface area contributed by atoms with Gasteiger partial charge in [-0.3, -0.25) is 4.79 Å². The van der Waals surface area contributed by atoms with Crippen LogP contribution >= 0.6 is 0 Å². The fraction of sp³-hybridized carbons (Fsp3) is 0.385. The van der Waals surface area contributed by atoms with Crippen LogP contribution in [0.4, 0.5) is 23.7 Å². The summed E-state index contributed by atoms with van der Waals surface area (Å²) in [5.41, 5.74) is 0.616. The van der Waals surface area contributed by atoms with Crippen molar-refractivity contribution in [1.29, 1.82) is 0 Å². The molecule has 37 heavy (non-hydrogen) atoms. The highest BCUT2D eigenvalue weighted by Gasteiger charge is 2.30. The van der Waals surface area contributed by atoms with Crippen LogP contribution in [0.1, 0.15) is 35.4 Å². The molecule has 3 heterocycles. The van der Waals surface area contributed by atoms with E-state index in [1.54, 1.807) is 24.3 Å². The van der Waals surface area contributed by atoms with Crippen molar-refractivity contribution < 1.29 is 37.0 Å². The maximum atomic E-state index is 12.8. The van der Waals surface area contributed by atoms with E-state index in [1.807, 2.05) is 4.90 Å². The smallest absolute Gasteiger partial charge is 0.416 e. The number of amides is 2. The van der Waals surface area contributed by atoms with Gasteiger partial charge in [0.15, 0.2) is 5.76 Å². The molecule has 8 nitrogen and oxygen atoms in total. The van der Waals surface area contributed by atoms with Crippen LogP contribution in [-0.4, -0.2) is 55.2 Å². The summed E-state index contributed by atoms with van der Waals surface area (Å²) in [5, 5.41) is 14.4. The van der Waals surface area contributed by atoms with E-state index in [0.717, 1.165) is 22.7 Å². The minimum Gasteiger partial charge on any atom is -0.530 e. The Labute approximate surface area is 210 Å². The molecule has 196 valence electrons. The third kappa shape index (κ3) is 5.60. The first-order chi connectivity index (χ1) is 17.7. The summed E-state index contributed by atoms with van der Waals surface area (Å²) in [4.78, 5) is 26.7. The molecule has 0 saturated carbocycles. The number of fused-ring (bicyclic) bond motifs is 1. The van der Waals surface area contributed by atoms with Crippen molar-refractivity contribution in [2.45, 2.75) is 37.6 Å². The molecular weight excluding hydrogens is 491 g/mol. The van der Waals surface area contributed by atoms with Gasteiger partial charge in [0.2, 0.25) is 0 Å². The SMILES string of the molecule is O=C(NC1CCN(C(=O)[O-])C1)c1cc2cc(OC3CCN(c4ccc(C(F)(F)F)cc4)CC3)ccc2o1. The summed E-state index contributed by atoms with van der Waals surface area (Å²) in [7, 11) is 0. The van der Waals surface area contributed by atoms with Gasteiger partial charge in [-0.15, -0.1) is 0 Å². The second-order valence-electron chi connectivity index (χ2n) is 9.33. The number of carboxylic acid groups (broad SMARTS) is 1. The molecule has 0 aliphatic carbocycles. The first-order valence-electron chi connectivity index (χ1n) is 12.0. The number of hydrogen-bond acceptors (Lipinski definition) is 6. The van der Waals surface area contributed by atoms with Crippen molar-refractivity contribution in [3.8, 4) is 5.75 Å². The van der Waals surface area contributed by atoms with E-state index in [0.29, 0.717) is 55.6 Å². The minimum atomic E-state index is -4.35. The number of rotatable bonds is 5. The lowest BCUT2D eigenvalue weighted by Gasteiger charge is -2.33. The second-order valence-corrected chi connectivity index (χ2v) is 9.33. The Morgan fingerprint density at radius 3 is 2.38 bits per heavy atom. The van der Waals surface area contributed by atoms with Crippen LogP contribution in [-0.2, 0) is 6.18 Å². The molecule has 1 N–H and O–H groups in total. The Morgan fingerprint density at radius 1 is 1.00 bits per heavy atom. The van der Waals surface area contributed by atoms with Crippen LogP contribution in [0.2, 0.25) is 0 Å². The number of carbonyl (C=O) groups excluding carboxylic acids is 2. The third-order valence-corrected chi connectivity index (χ3v) is 6.80. The molecule has 0 spiro atoms. The van der Waals surface area contributed by atoms with E-state index < -0.39 is 23.7 Å². The highest BCUT2D eigenvalue weighted by molar-refractivity contribution is 5.96. The fourth-order valence-electron chi connectivity index (χ4n) is 4.79. The highest BCUT2D eigenvalue weighted by Crippen LogP contribution is 2.32. The lowest BCUT2D eigenvalue weighted by Crippen LogP contribution is -2.42. The van der Waals surface area contributed by atoms with Crippen molar-refractivity contribution in [2.24, 2.45) is 0 Å². The first kappa shape index (κ1) is 24.8. The predicted octanol–water partition coefficient (Wildman–Crippen LogP) is 3.65. The van der Waals surface area contributed by atoms with Gasteiger partial charge in [-0.05, 0) is 55.0 Å². The maximum absolute atomic E-state index is 12.8. The molecule has 2 aliphatic rings. The molecule has 1 unspecified atom stereocenters. The summed E-state index contributed by atoms with van der Waals surface area (Å²) in [6.45, 7) is 1.82. The standard InChI is InChI=1S/C26H26F3N3O5/c27-26(28,29)17-1-3-19(4-2-17)31-11-8-20(9-12-31)36-21-5-6-22-16(13-21)14-23(37-22)24(33)30-18-7-10-32(15-18)25(34)35/h1-6,13-14,18,20H,7-12,15H2,(H,30,33)(H,34,35)/p-1. The maximum Gasteiger partial charge on any atom is 0.416 e. The topological polar surface area (TPSA) is 98.1 Å². The molecule has 5 rings (SSSR count). The zero-order valence-corrected chi connectivity index (χ0v) is 19.8. The largest absolute Gasteiger partial charge is 0.530 e. The number of anilines is 1. The number of halogens is 3. The monoisotopic (exact) mass is 516 g/mol. The summed E-state index contributed by atoms with van der Waals surface area (Å²) in [6.07, 6.45) is -3.72. The van der Waals surface area contributed by atoms with Gasteiger partial charge in [0.1, 0.15) is 23.5 Å². The van der Waals surface area contributed by atoms with E-state index in [9.17, 15) is 27.9 Å². The zero-order valence-electron chi connectivity index (χ0n) is 19.8. The Hall–Kier alpha value is -3.89. The van der Waals surface area contributed by atoms with E-state index >= 15 is 0 Å². The number of hydrogen-bond donors (Lipinski definition) is 1. The van der Waals surface area contributed by atoms with Gasteiger partial charge < -0.3 is 34.2 Å². The number of ether oxygens (including phenoxy) is 1. The van der Waals surface area contributed by atoms with Crippen molar-refractivity contribution in [3.63, 3.8) is 0 Å². The lowest BCUT2D eigenvalue weighted by atomic mass is 10.1. The highest BCUT2D eigenvalue weighted by atomic mass is 19.4. The van der Waals surface area contributed by atoms with Crippen LogP contribution in [0.25, 0.3) is 11.0 Å². The van der Waals surface area contributed by atoms with Gasteiger partial charge >= 0.3 is 6.18 Å². The zero-order chi connectivity index (χ0) is 26.2. The van der Waals surface area contributed by atoms with E-state index in [2.05, 4.69) is 5.32 Å². The van der Waals surface area contributed by atoms with Gasteiger partial charge in [-0.1, -0.05) is 0 Å². The number of likely N-dealkylation sites (tertiary alicyclic amines) is 1. The molecule has 2 amide bonds. The number of piperidine rings is 1. The van der Waals surface area contributed by atoms with Crippen LogP contribution in [0, 0.1) is 0 Å². The van der Waals surface area contributed by atoms with Gasteiger partial charge in [-0.25, -0.2) is 0 Å². The van der Waals surface area contributed by atoms with E-state index in [4.69, 9.17) is 9.15 Å². The average Bonchev–Trinajstić information content (AvgIpc) is 3.51. The van der Waals surface area contributed by atoms with Crippen molar-refractivity contribution in [2.75, 3.05) is 31.1 Å². The number of nitrogens with one attached hydrogen (secondary N) is 1. The Morgan fingerprint density at radius 2 is 1.73 bits per heavy atom. The minimum absolute atomic E-state index is 0.0492. The van der Waals surface area contributed by atoms with Crippen molar-refractivity contribution in [1.82, 2.24) is 10.2 Å². The van der Waals surface area contributed by atoms with Gasteiger partial charge in [0, 0.05) is 56.1 Å². The third-order valence-electron chi connectivity index (χ3n) is 6.80. The number of furan rings is 1. The summed E-state index contributed by atoms with van der Waals surface area (Å²) >= 11 is 0. The van der Waals surface area contributed by atoms with Crippen LogP contribution in [0.15, 0.2) is 52.9 Å². The van der Waals surface area contributed by atoms with Crippen LogP contribution < -0.4 is 20.1 Å². The van der Waals surface area contributed by atoms with Crippen molar-refractivity contribution in [3.05, 3.63) is 59.9 Å². The Balaban J connectivity index is 1.16. The molecule has 1 atom stereocenters. The lowest BCUT2D eigenvalue weighted by molar-refractivity contribution is -0.264. The second kappa shape index (κ2) is 9.87. The first-order valence-corrected chi connectivity index (χ1v) is 12.0. The fourth-order valence-corrected chi connectivity index (χ4v) is 4.79. The number of carbonyl (C=O) groups is 2. The predicted molar refractivity (Wildman–Crippen MR) is 126 cm³/mol. The summed E-state index contributed by atoms with van der Waals surface area (Å²) in [5.74, 6) is 0.344. The van der Waals surface area contributed by atoms with Crippen LogP contribution in [0.5, 0.6) is 5.75 Å². The van der Waals surface area contributed by atoms with Gasteiger partial charge in [0.05, 0.1) is 5.56 Å². The molecule has 2 saturated heterocycles. The normalized spacial score (nSPS) is 18.8. The quantitative estimate of drug-likeness (QED) is 0.556. The Bertz CT molecular complexity index is 1280. The molecule has 0 radical (unpaired) electrons. The Kier molecular flexibility index (Phi) is 6.61. The molecular formula is C26H25F3N3O5-. The number of benzene rings is 2. The molecule has 3 aromatic rings. The number of alkyl halides is 3. The van der Waals surface area contributed by atoms with Crippen molar-refractivity contribution >= 4 is 28.7 Å². The molecule has 2 fully saturated rings. The summed E-state index contributed by atoms with van der Waals surface area (Å²) < 4.78 is 50.2. The molecule has 11 heteroatoms. The van der Waals surface area contributed by atoms with Gasteiger partial charge in [-0.2, -0.15) is 13.2 Å². The summed E-state index contributed by atoms with van der Waals surface area (Å²) in [6, 6.07) is 11.8.